The monoisotopic (exact) mass is 947 g/mol. The molecule has 8 rings (SSSR count). The number of aryl methyl sites for hydroxylation is 1. The van der Waals surface area contributed by atoms with Crippen LogP contribution >= 0.6 is 11.3 Å². The Labute approximate surface area is 400 Å². The molecule has 2 N–H and O–H groups in total. The number of hydrogen-bond acceptors (Lipinski definition) is 11. The second-order valence-electron chi connectivity index (χ2n) is 19.4. The van der Waals surface area contributed by atoms with E-state index >= 15 is 0 Å². The fourth-order valence-corrected chi connectivity index (χ4v) is 12.5. The number of rotatable bonds is 10. The van der Waals surface area contributed by atoms with E-state index in [2.05, 4.69) is 60.0 Å². The van der Waals surface area contributed by atoms with Gasteiger partial charge in [-0.2, -0.15) is 0 Å². The zero-order chi connectivity index (χ0) is 47.6. The molecular formula is C51H65N7O7SSi. The molecule has 356 valence electrons. The van der Waals surface area contributed by atoms with E-state index < -0.39 is 39.2 Å². The lowest BCUT2D eigenvalue weighted by molar-refractivity contribution is -0.149. The van der Waals surface area contributed by atoms with E-state index in [1.54, 1.807) is 25.4 Å². The normalized spacial score (nSPS) is 22.6. The van der Waals surface area contributed by atoms with Gasteiger partial charge >= 0.3 is 5.97 Å². The number of methoxy groups -OCH3 is 1. The van der Waals surface area contributed by atoms with Crippen LogP contribution in [-0.2, 0) is 52.8 Å². The second-order valence-corrected chi connectivity index (χ2v) is 22.0. The van der Waals surface area contributed by atoms with E-state index in [-0.39, 0.29) is 54.3 Å². The van der Waals surface area contributed by atoms with E-state index in [4.69, 9.17) is 24.2 Å². The molecule has 2 aromatic carbocycles. The summed E-state index contributed by atoms with van der Waals surface area (Å²) < 4.78 is 20.4. The Morgan fingerprint density at radius 3 is 2.63 bits per heavy atom. The van der Waals surface area contributed by atoms with Gasteiger partial charge in [0.1, 0.15) is 27.9 Å². The van der Waals surface area contributed by atoms with Gasteiger partial charge in [-0.3, -0.25) is 34.3 Å². The van der Waals surface area contributed by atoms with Gasteiger partial charge in [-0.25, -0.2) is 4.98 Å². The number of carbonyl (C=O) groups is 4. The highest BCUT2D eigenvalue weighted by Crippen LogP contribution is 2.42. The third kappa shape index (κ3) is 10.1. The number of cyclic esters (lactones) is 1. The standard InChI is InChI=1S/C51H65N7O7SSi/c1-9-57-40-20-19-33-25-36(40)37(45(57)35-17-13-22-52-43(35)31(4)63-8)27-51(5,6)29-65-50(62)41-18-14-23-58(55-67-41)48(60)38(26-42-53-39(33)28-66-42)54-47(59)44(30(2)3)56(7)49(61)46-34(21-24-64-46)32-15-11-10-12-16-32/h10-13,15-17,19-20,22,25,28,30-31,34,38,41,44,46,55H,9,14,18,21,23-24,26-27,29,67H2,1-8H3,(H,54,59)/t31-,34-,38-,41-,44-,46-/m0/s1. The number of pyridine rings is 1. The molecule has 0 radical (unpaired) electrons. The van der Waals surface area contributed by atoms with Crippen LogP contribution in [0, 0.1) is 11.3 Å². The Morgan fingerprint density at radius 2 is 1.88 bits per heavy atom. The molecule has 0 aliphatic carbocycles. The number of nitrogens with zero attached hydrogens (tertiary/aromatic N) is 5. The summed E-state index contributed by atoms with van der Waals surface area (Å²) in [5.74, 6) is -1.70. The number of benzene rings is 2. The number of fused-ring (bicyclic) bond motifs is 7. The highest BCUT2D eigenvalue weighted by atomic mass is 32.1. The van der Waals surface area contributed by atoms with Crippen molar-refractivity contribution in [3.63, 3.8) is 0 Å². The third-order valence-electron chi connectivity index (χ3n) is 13.7. The first-order valence-electron chi connectivity index (χ1n) is 23.7. The summed E-state index contributed by atoms with van der Waals surface area (Å²) in [5, 5.41) is 11.8. The summed E-state index contributed by atoms with van der Waals surface area (Å²) in [5.41, 5.74) is 6.98. The van der Waals surface area contributed by atoms with E-state index in [1.807, 2.05) is 62.5 Å². The number of hydrazine groups is 1. The Hall–Kier alpha value is -5.26. The minimum absolute atomic E-state index is 0.129. The number of thiazole rings is 1. The molecule has 6 heterocycles. The number of carbonyl (C=O) groups excluding carboxylic acids is 4. The van der Waals surface area contributed by atoms with Crippen LogP contribution < -0.4 is 10.4 Å². The number of ether oxygens (including phenoxy) is 3. The summed E-state index contributed by atoms with van der Waals surface area (Å²) in [6, 6.07) is 18.5. The van der Waals surface area contributed by atoms with Crippen molar-refractivity contribution in [1.82, 2.24) is 34.9 Å². The average Bonchev–Trinajstić information content (AvgIpc) is 4.03. The number of esters is 1. The summed E-state index contributed by atoms with van der Waals surface area (Å²) in [4.78, 5) is 69.0. The second kappa shape index (κ2) is 20.5. The van der Waals surface area contributed by atoms with Crippen LogP contribution in [0.4, 0.5) is 0 Å². The van der Waals surface area contributed by atoms with Crippen LogP contribution in [0.15, 0.2) is 72.2 Å². The molecule has 0 saturated carbocycles. The lowest BCUT2D eigenvalue weighted by Gasteiger charge is -2.34. The Morgan fingerprint density at radius 1 is 1.09 bits per heavy atom. The summed E-state index contributed by atoms with van der Waals surface area (Å²) in [6.45, 7) is 14.0. The quantitative estimate of drug-likeness (QED) is 0.113. The molecule has 6 bridgehead atoms. The highest BCUT2D eigenvalue weighted by Gasteiger charge is 2.42. The molecule has 6 atom stereocenters. The molecule has 3 amide bonds. The molecule has 3 aromatic heterocycles. The first kappa shape index (κ1) is 48.2. The van der Waals surface area contributed by atoms with Gasteiger partial charge in [-0.05, 0) is 80.8 Å². The zero-order valence-electron chi connectivity index (χ0n) is 40.0. The molecule has 5 aromatic rings. The maximum Gasteiger partial charge on any atom is 0.307 e. The van der Waals surface area contributed by atoms with Crippen molar-refractivity contribution >= 4 is 55.6 Å². The Balaban J connectivity index is 1.16. The van der Waals surface area contributed by atoms with Gasteiger partial charge in [0.15, 0.2) is 0 Å². The summed E-state index contributed by atoms with van der Waals surface area (Å²) in [7, 11) is 1.95. The highest BCUT2D eigenvalue weighted by molar-refractivity contribution is 7.10. The van der Waals surface area contributed by atoms with Gasteiger partial charge < -0.3 is 29.0 Å². The fourth-order valence-electron chi connectivity index (χ4n) is 10.1. The van der Waals surface area contributed by atoms with Gasteiger partial charge in [0.2, 0.25) is 5.91 Å². The first-order chi connectivity index (χ1) is 32.2. The SMILES string of the molecule is CCn1c(-c2cccnc2[C@H](C)OC)c2c3cc(ccc31)-c1csc(n1)C[C@H](NC(=O)[C@H](C(C)C)N(C)C(=O)[C@H]1OCC[C@H]1c1ccccc1)C(=O)N1CCC[C@H]([SiH2]N1)C(=O)OCC(C)(C)C2. The molecule has 16 heteroatoms. The Bertz CT molecular complexity index is 2600. The zero-order valence-corrected chi connectivity index (χ0v) is 42.3. The van der Waals surface area contributed by atoms with Gasteiger partial charge in [0.05, 0.1) is 40.3 Å². The minimum atomic E-state index is -1.39. The third-order valence-corrected chi connectivity index (χ3v) is 16.4. The van der Waals surface area contributed by atoms with Crippen molar-refractivity contribution in [2.75, 3.05) is 33.9 Å². The molecular weight excluding hydrogens is 883 g/mol. The van der Waals surface area contributed by atoms with Crippen molar-refractivity contribution in [1.29, 1.82) is 0 Å². The number of amides is 3. The lowest BCUT2D eigenvalue weighted by atomic mass is 9.84. The van der Waals surface area contributed by atoms with Crippen LogP contribution in [0.25, 0.3) is 33.4 Å². The maximum absolute atomic E-state index is 14.7. The molecule has 0 spiro atoms. The van der Waals surface area contributed by atoms with Crippen molar-refractivity contribution in [2.45, 2.75) is 116 Å². The van der Waals surface area contributed by atoms with E-state index in [1.165, 1.54) is 16.2 Å². The lowest BCUT2D eigenvalue weighted by Crippen LogP contribution is -2.59. The van der Waals surface area contributed by atoms with Crippen LogP contribution in [-0.4, -0.2) is 110 Å². The van der Waals surface area contributed by atoms with Gasteiger partial charge in [0, 0.05) is 85.2 Å². The topological polar surface area (TPSA) is 157 Å². The van der Waals surface area contributed by atoms with Crippen LogP contribution in [0.3, 0.4) is 0 Å². The fraction of sp³-hybridized carbons (Fsp3) is 0.490. The Kier molecular flexibility index (Phi) is 14.8. The van der Waals surface area contributed by atoms with Gasteiger partial charge in [-0.15, -0.1) is 11.3 Å². The van der Waals surface area contributed by atoms with E-state index in [0.29, 0.717) is 50.4 Å². The number of hydrogen-bond donors (Lipinski definition) is 2. The van der Waals surface area contributed by atoms with Crippen molar-refractivity contribution in [3.8, 4) is 22.5 Å². The van der Waals surface area contributed by atoms with Gasteiger partial charge in [0.25, 0.3) is 11.8 Å². The minimum Gasteiger partial charge on any atom is -0.465 e. The molecule has 3 aliphatic heterocycles. The molecule has 14 nitrogen and oxygen atoms in total. The maximum atomic E-state index is 14.7. The van der Waals surface area contributed by atoms with Crippen molar-refractivity contribution < 1.29 is 33.4 Å². The summed E-state index contributed by atoms with van der Waals surface area (Å²) in [6.07, 6.45) is 3.43. The smallest absolute Gasteiger partial charge is 0.307 e. The number of likely N-dealkylation sites (N-methyl/N-ethyl adjacent to an activating group) is 1. The molecule has 2 saturated heterocycles. The predicted octanol–water partition coefficient (Wildman–Crippen LogP) is 6.76. The molecule has 67 heavy (non-hydrogen) atoms. The van der Waals surface area contributed by atoms with Crippen LogP contribution in [0.1, 0.15) is 94.7 Å². The van der Waals surface area contributed by atoms with Gasteiger partial charge in [-0.1, -0.05) is 64.1 Å². The predicted molar refractivity (Wildman–Crippen MR) is 263 cm³/mol. The van der Waals surface area contributed by atoms with Crippen LogP contribution in [0.5, 0.6) is 0 Å². The number of nitrogens with one attached hydrogen (secondary N) is 2. The molecule has 2 fully saturated rings. The van der Waals surface area contributed by atoms with E-state index in [9.17, 15) is 19.2 Å². The molecule has 0 unspecified atom stereocenters. The largest absolute Gasteiger partial charge is 0.465 e. The van der Waals surface area contributed by atoms with Crippen molar-refractivity contribution in [3.05, 3.63) is 94.1 Å². The summed E-state index contributed by atoms with van der Waals surface area (Å²) >= 11 is 1.44. The van der Waals surface area contributed by atoms with Crippen molar-refractivity contribution in [2.24, 2.45) is 11.3 Å². The molecule has 3 aliphatic rings. The van der Waals surface area contributed by atoms with E-state index in [0.717, 1.165) is 50.2 Å². The number of aromatic nitrogens is 3. The average molecular weight is 948 g/mol. The van der Waals surface area contributed by atoms with Crippen LogP contribution in [0.2, 0.25) is 5.54 Å². The first-order valence-corrected chi connectivity index (χ1v) is 26.1.